The molecule has 0 saturated heterocycles. The fraction of sp³-hybridized carbons (Fsp3) is 0.200. The average Bonchev–Trinajstić information content (AvgIpc) is 2.60. The fourth-order valence-electron chi connectivity index (χ4n) is 1.44. The Balaban J connectivity index is 2.85. The number of methoxy groups -OCH3 is 1. The molecule has 2 nitrogen and oxygen atoms in total. The molecule has 1 aromatic carbocycles. The number of fused-ring (bicyclic) bond motifs is 1. The summed E-state index contributed by atoms with van der Waals surface area (Å²) in [5.41, 5.74) is 1.09. The average molecular weight is 194 g/mol. The summed E-state index contributed by atoms with van der Waals surface area (Å²) in [5, 5.41) is 12.5. The lowest BCUT2D eigenvalue weighted by atomic mass is 10.1. The van der Waals surface area contributed by atoms with E-state index in [4.69, 9.17) is 4.74 Å². The van der Waals surface area contributed by atoms with Crippen molar-refractivity contribution < 1.29 is 9.84 Å². The van der Waals surface area contributed by atoms with Crippen LogP contribution >= 0.6 is 11.3 Å². The van der Waals surface area contributed by atoms with Crippen molar-refractivity contribution in [1.29, 1.82) is 0 Å². The second-order valence-electron chi connectivity index (χ2n) is 2.89. The van der Waals surface area contributed by atoms with Crippen LogP contribution in [0.5, 0.6) is 11.5 Å². The molecule has 0 aliphatic heterocycles. The maximum atomic E-state index is 9.62. The van der Waals surface area contributed by atoms with E-state index >= 15 is 0 Å². The normalized spacial score (nSPS) is 10.6. The van der Waals surface area contributed by atoms with Crippen LogP contribution in [-0.2, 0) is 0 Å². The quantitative estimate of drug-likeness (QED) is 0.756. The van der Waals surface area contributed by atoms with Gasteiger partial charge in [-0.15, -0.1) is 11.3 Å². The number of aromatic hydroxyl groups is 1. The Morgan fingerprint density at radius 1 is 1.46 bits per heavy atom. The van der Waals surface area contributed by atoms with Crippen molar-refractivity contribution in [3.63, 3.8) is 0 Å². The molecular weight excluding hydrogens is 184 g/mol. The fourth-order valence-corrected chi connectivity index (χ4v) is 2.35. The van der Waals surface area contributed by atoms with Crippen LogP contribution in [0.1, 0.15) is 5.56 Å². The highest BCUT2D eigenvalue weighted by Gasteiger charge is 2.09. The molecule has 1 aromatic heterocycles. The van der Waals surface area contributed by atoms with E-state index in [1.807, 2.05) is 18.4 Å². The number of phenolic OH excluding ortho intramolecular Hbond substituents is 1. The Bertz CT molecular complexity index is 445. The first-order valence-electron chi connectivity index (χ1n) is 3.98. The first-order valence-corrected chi connectivity index (χ1v) is 4.85. The van der Waals surface area contributed by atoms with E-state index in [1.165, 1.54) is 0 Å². The smallest absolute Gasteiger partial charge is 0.127 e. The van der Waals surface area contributed by atoms with Crippen LogP contribution in [0.25, 0.3) is 10.1 Å². The number of aryl methyl sites for hydroxylation is 1. The van der Waals surface area contributed by atoms with Crippen molar-refractivity contribution in [2.45, 2.75) is 6.92 Å². The van der Waals surface area contributed by atoms with Crippen LogP contribution in [0, 0.1) is 6.92 Å². The molecule has 1 heterocycles. The van der Waals surface area contributed by atoms with E-state index < -0.39 is 0 Å². The lowest BCUT2D eigenvalue weighted by Gasteiger charge is -2.06. The third kappa shape index (κ3) is 1.16. The Labute approximate surface area is 80.4 Å². The summed E-state index contributed by atoms with van der Waals surface area (Å²) in [6, 6.07) is 3.58. The molecule has 3 heteroatoms. The molecular formula is C10H10O2S. The van der Waals surface area contributed by atoms with E-state index in [0.29, 0.717) is 5.75 Å². The van der Waals surface area contributed by atoms with Crippen LogP contribution < -0.4 is 4.74 Å². The molecule has 0 saturated carbocycles. The Morgan fingerprint density at radius 2 is 2.23 bits per heavy atom. The number of hydrogen-bond donors (Lipinski definition) is 1. The van der Waals surface area contributed by atoms with Crippen molar-refractivity contribution >= 4 is 21.4 Å². The van der Waals surface area contributed by atoms with Gasteiger partial charge in [0.05, 0.1) is 7.11 Å². The van der Waals surface area contributed by atoms with Gasteiger partial charge in [0.15, 0.2) is 0 Å². The van der Waals surface area contributed by atoms with Gasteiger partial charge in [-0.3, -0.25) is 0 Å². The van der Waals surface area contributed by atoms with Crippen molar-refractivity contribution in [2.24, 2.45) is 0 Å². The highest BCUT2D eigenvalue weighted by molar-refractivity contribution is 7.17. The zero-order valence-electron chi connectivity index (χ0n) is 7.50. The molecule has 0 spiro atoms. The van der Waals surface area contributed by atoms with Gasteiger partial charge in [-0.2, -0.15) is 0 Å². The first-order chi connectivity index (χ1) is 6.24. The number of ether oxygens (including phenoxy) is 1. The molecule has 0 unspecified atom stereocenters. The van der Waals surface area contributed by atoms with E-state index in [1.54, 1.807) is 24.5 Å². The molecule has 0 fully saturated rings. The van der Waals surface area contributed by atoms with E-state index in [0.717, 1.165) is 21.4 Å². The number of hydrogen-bond acceptors (Lipinski definition) is 3. The number of benzene rings is 1. The standard InChI is InChI=1S/C10H10O2S/c1-6-9(12-2)5-8(11)7-3-4-13-10(6)7/h3-5,11H,1-2H3. The summed E-state index contributed by atoms with van der Waals surface area (Å²) in [7, 11) is 1.61. The van der Waals surface area contributed by atoms with Gasteiger partial charge in [0.25, 0.3) is 0 Å². The molecule has 0 radical (unpaired) electrons. The zero-order chi connectivity index (χ0) is 9.42. The van der Waals surface area contributed by atoms with Gasteiger partial charge in [-0.25, -0.2) is 0 Å². The summed E-state index contributed by atoms with van der Waals surface area (Å²) in [4.78, 5) is 0. The van der Waals surface area contributed by atoms with Gasteiger partial charge in [0.2, 0.25) is 0 Å². The summed E-state index contributed by atoms with van der Waals surface area (Å²) in [6.07, 6.45) is 0. The van der Waals surface area contributed by atoms with E-state index in [9.17, 15) is 5.11 Å². The predicted molar refractivity (Wildman–Crippen MR) is 54.8 cm³/mol. The predicted octanol–water partition coefficient (Wildman–Crippen LogP) is 2.92. The number of rotatable bonds is 1. The highest BCUT2D eigenvalue weighted by atomic mass is 32.1. The van der Waals surface area contributed by atoms with Gasteiger partial charge in [-0.1, -0.05) is 0 Å². The molecule has 68 valence electrons. The summed E-state index contributed by atoms with van der Waals surface area (Å²) >= 11 is 1.62. The van der Waals surface area contributed by atoms with Gasteiger partial charge < -0.3 is 9.84 Å². The molecule has 2 rings (SSSR count). The monoisotopic (exact) mass is 194 g/mol. The second kappa shape index (κ2) is 2.92. The SMILES string of the molecule is COc1cc(O)c2ccsc2c1C. The van der Waals surface area contributed by atoms with Crippen molar-refractivity contribution in [3.8, 4) is 11.5 Å². The lowest BCUT2D eigenvalue weighted by molar-refractivity contribution is 0.406. The molecule has 13 heavy (non-hydrogen) atoms. The minimum absolute atomic E-state index is 0.290. The number of thiophene rings is 1. The summed E-state index contributed by atoms with van der Waals surface area (Å²) in [5.74, 6) is 1.03. The second-order valence-corrected chi connectivity index (χ2v) is 3.80. The van der Waals surface area contributed by atoms with Crippen LogP contribution in [0.2, 0.25) is 0 Å². The Kier molecular flexibility index (Phi) is 1.88. The molecule has 0 bridgehead atoms. The largest absolute Gasteiger partial charge is 0.507 e. The van der Waals surface area contributed by atoms with Crippen LogP contribution in [0.15, 0.2) is 17.5 Å². The number of phenols is 1. The van der Waals surface area contributed by atoms with Crippen LogP contribution in [-0.4, -0.2) is 12.2 Å². The van der Waals surface area contributed by atoms with E-state index in [-0.39, 0.29) is 0 Å². The Hall–Kier alpha value is -1.22. The minimum Gasteiger partial charge on any atom is -0.507 e. The van der Waals surface area contributed by atoms with Gasteiger partial charge in [-0.05, 0) is 18.4 Å². The topological polar surface area (TPSA) is 29.5 Å². The summed E-state index contributed by atoms with van der Waals surface area (Å²) in [6.45, 7) is 2.00. The molecule has 0 atom stereocenters. The first kappa shape index (κ1) is 8.38. The molecule has 2 aromatic rings. The Morgan fingerprint density at radius 3 is 2.92 bits per heavy atom. The zero-order valence-corrected chi connectivity index (χ0v) is 8.31. The molecule has 0 amide bonds. The van der Waals surface area contributed by atoms with E-state index in [2.05, 4.69) is 0 Å². The maximum absolute atomic E-state index is 9.62. The molecule has 0 aliphatic carbocycles. The molecule has 0 aliphatic rings. The maximum Gasteiger partial charge on any atom is 0.127 e. The van der Waals surface area contributed by atoms with Gasteiger partial charge >= 0.3 is 0 Å². The molecule has 1 N–H and O–H groups in total. The van der Waals surface area contributed by atoms with Crippen molar-refractivity contribution in [1.82, 2.24) is 0 Å². The van der Waals surface area contributed by atoms with Crippen molar-refractivity contribution in [3.05, 3.63) is 23.1 Å². The lowest BCUT2D eigenvalue weighted by Crippen LogP contribution is -1.86. The third-order valence-electron chi connectivity index (χ3n) is 2.14. The third-order valence-corrected chi connectivity index (χ3v) is 3.17. The van der Waals surface area contributed by atoms with Gasteiger partial charge in [0, 0.05) is 21.7 Å². The van der Waals surface area contributed by atoms with Crippen LogP contribution in [0.3, 0.4) is 0 Å². The highest BCUT2D eigenvalue weighted by Crippen LogP contribution is 2.37. The van der Waals surface area contributed by atoms with Crippen LogP contribution in [0.4, 0.5) is 0 Å². The minimum atomic E-state index is 0.290. The van der Waals surface area contributed by atoms with Crippen molar-refractivity contribution in [2.75, 3.05) is 7.11 Å². The van der Waals surface area contributed by atoms with Gasteiger partial charge in [0.1, 0.15) is 11.5 Å². The summed E-state index contributed by atoms with van der Waals surface area (Å²) < 4.78 is 6.24.